The van der Waals surface area contributed by atoms with E-state index in [4.69, 9.17) is 27.9 Å². The first-order valence-electron chi connectivity index (χ1n) is 5.78. The monoisotopic (exact) mass is 331 g/mol. The largest absolute Gasteiger partial charge is 0.482 e. The maximum absolute atomic E-state index is 13.0. The molecule has 0 aliphatic heterocycles. The summed E-state index contributed by atoms with van der Waals surface area (Å²) in [6.07, 6.45) is 0. The Bertz CT molecular complexity index is 680. The number of carbonyl (C=O) groups is 1. The third kappa shape index (κ3) is 4.31. The Balaban J connectivity index is 1.94. The van der Waals surface area contributed by atoms with Crippen LogP contribution in [-0.2, 0) is 4.79 Å². The molecule has 0 aliphatic carbocycles. The highest BCUT2D eigenvalue weighted by molar-refractivity contribution is 6.32. The fourth-order valence-electron chi connectivity index (χ4n) is 1.51. The van der Waals surface area contributed by atoms with Crippen molar-refractivity contribution in [1.82, 2.24) is 0 Å². The minimum absolute atomic E-state index is 0.0626. The van der Waals surface area contributed by atoms with Crippen molar-refractivity contribution in [2.45, 2.75) is 0 Å². The van der Waals surface area contributed by atoms with Crippen LogP contribution in [-0.4, -0.2) is 12.5 Å². The molecule has 0 aromatic heterocycles. The van der Waals surface area contributed by atoms with Gasteiger partial charge < -0.3 is 10.1 Å². The fourth-order valence-corrected chi connectivity index (χ4v) is 1.91. The number of benzene rings is 2. The lowest BCUT2D eigenvalue weighted by Crippen LogP contribution is -2.20. The lowest BCUT2D eigenvalue weighted by Gasteiger charge is -2.09. The van der Waals surface area contributed by atoms with E-state index in [9.17, 15) is 13.6 Å². The van der Waals surface area contributed by atoms with Gasteiger partial charge in [0.2, 0.25) is 0 Å². The molecule has 2 aromatic rings. The second-order valence-corrected chi connectivity index (χ2v) is 4.85. The quantitative estimate of drug-likeness (QED) is 0.907. The molecule has 2 aromatic carbocycles. The van der Waals surface area contributed by atoms with Crippen molar-refractivity contribution in [3.8, 4) is 5.75 Å². The SMILES string of the molecule is O=C(COc1ccc(F)cc1Cl)Nc1ccc(F)c(Cl)c1. The van der Waals surface area contributed by atoms with Crippen molar-refractivity contribution in [2.24, 2.45) is 0 Å². The number of anilines is 1. The summed E-state index contributed by atoms with van der Waals surface area (Å²) in [5.74, 6) is -1.38. The lowest BCUT2D eigenvalue weighted by molar-refractivity contribution is -0.118. The highest BCUT2D eigenvalue weighted by Crippen LogP contribution is 2.25. The van der Waals surface area contributed by atoms with Crippen LogP contribution >= 0.6 is 23.2 Å². The van der Waals surface area contributed by atoms with E-state index in [1.807, 2.05) is 0 Å². The second kappa shape index (κ2) is 6.74. The van der Waals surface area contributed by atoms with Crippen molar-refractivity contribution < 1.29 is 18.3 Å². The molecule has 3 nitrogen and oxygen atoms in total. The molecule has 0 radical (unpaired) electrons. The molecule has 0 saturated heterocycles. The molecule has 0 unspecified atom stereocenters. The number of halogens is 4. The van der Waals surface area contributed by atoms with E-state index in [1.165, 1.54) is 24.3 Å². The zero-order valence-corrected chi connectivity index (χ0v) is 12.0. The molecule has 0 atom stereocenters. The second-order valence-electron chi connectivity index (χ2n) is 4.04. The van der Waals surface area contributed by atoms with Gasteiger partial charge in [0.05, 0.1) is 10.0 Å². The Morgan fingerprint density at radius 3 is 2.52 bits per heavy atom. The average Bonchev–Trinajstić information content (AvgIpc) is 2.42. The summed E-state index contributed by atoms with van der Waals surface area (Å²) < 4.78 is 31.0. The van der Waals surface area contributed by atoms with Crippen molar-refractivity contribution >= 4 is 34.8 Å². The van der Waals surface area contributed by atoms with Gasteiger partial charge in [-0.1, -0.05) is 23.2 Å². The van der Waals surface area contributed by atoms with Gasteiger partial charge in [-0.05, 0) is 36.4 Å². The number of carbonyl (C=O) groups excluding carboxylic acids is 1. The van der Waals surface area contributed by atoms with Gasteiger partial charge in [0, 0.05) is 5.69 Å². The maximum atomic E-state index is 13.0. The molecule has 0 fully saturated rings. The summed E-state index contributed by atoms with van der Waals surface area (Å²) >= 11 is 11.4. The third-order valence-electron chi connectivity index (χ3n) is 2.46. The van der Waals surface area contributed by atoms with Gasteiger partial charge in [0.25, 0.3) is 5.91 Å². The highest BCUT2D eigenvalue weighted by atomic mass is 35.5. The summed E-state index contributed by atoms with van der Waals surface area (Å²) in [7, 11) is 0. The van der Waals surface area contributed by atoms with Crippen molar-refractivity contribution in [2.75, 3.05) is 11.9 Å². The summed E-state index contributed by atoms with van der Waals surface area (Å²) in [6.45, 7) is -0.333. The average molecular weight is 332 g/mol. The Hall–Kier alpha value is -1.85. The van der Waals surface area contributed by atoms with E-state index < -0.39 is 17.5 Å². The molecule has 0 bridgehead atoms. The van der Waals surface area contributed by atoms with Crippen LogP contribution in [0, 0.1) is 11.6 Å². The van der Waals surface area contributed by atoms with Crippen LogP contribution in [0.25, 0.3) is 0 Å². The van der Waals surface area contributed by atoms with Crippen LogP contribution in [0.15, 0.2) is 36.4 Å². The van der Waals surface area contributed by atoms with Crippen molar-refractivity contribution in [3.63, 3.8) is 0 Å². The molecule has 110 valence electrons. The molecule has 0 saturated carbocycles. The third-order valence-corrected chi connectivity index (χ3v) is 3.04. The van der Waals surface area contributed by atoms with Gasteiger partial charge in [-0.2, -0.15) is 0 Å². The van der Waals surface area contributed by atoms with Gasteiger partial charge >= 0.3 is 0 Å². The molecule has 0 aliphatic rings. The van der Waals surface area contributed by atoms with Crippen LogP contribution in [0.4, 0.5) is 14.5 Å². The Kier molecular flexibility index (Phi) is 4.98. The van der Waals surface area contributed by atoms with E-state index in [1.54, 1.807) is 0 Å². The summed E-state index contributed by atoms with van der Waals surface area (Å²) in [6, 6.07) is 7.34. The number of ether oxygens (including phenoxy) is 1. The molecule has 1 N–H and O–H groups in total. The van der Waals surface area contributed by atoms with Crippen molar-refractivity contribution in [3.05, 3.63) is 58.1 Å². The minimum Gasteiger partial charge on any atom is -0.482 e. The Morgan fingerprint density at radius 2 is 1.86 bits per heavy atom. The number of amides is 1. The topological polar surface area (TPSA) is 38.3 Å². The van der Waals surface area contributed by atoms with Crippen LogP contribution in [0.1, 0.15) is 0 Å². The molecule has 1 amide bonds. The van der Waals surface area contributed by atoms with E-state index in [-0.39, 0.29) is 22.4 Å². The van der Waals surface area contributed by atoms with E-state index in [2.05, 4.69) is 5.32 Å². The van der Waals surface area contributed by atoms with Crippen LogP contribution < -0.4 is 10.1 Å². The van der Waals surface area contributed by atoms with Crippen LogP contribution in [0.5, 0.6) is 5.75 Å². The molecule has 0 spiro atoms. The molecule has 21 heavy (non-hydrogen) atoms. The molecule has 2 rings (SSSR count). The van der Waals surface area contributed by atoms with Crippen LogP contribution in [0.3, 0.4) is 0 Å². The first kappa shape index (κ1) is 15.5. The maximum Gasteiger partial charge on any atom is 0.262 e. The zero-order chi connectivity index (χ0) is 15.4. The lowest BCUT2D eigenvalue weighted by atomic mass is 10.3. The van der Waals surface area contributed by atoms with Crippen molar-refractivity contribution in [1.29, 1.82) is 0 Å². The number of nitrogens with one attached hydrogen (secondary N) is 1. The minimum atomic E-state index is -0.580. The predicted molar refractivity (Wildman–Crippen MR) is 76.9 cm³/mol. The zero-order valence-electron chi connectivity index (χ0n) is 10.5. The smallest absolute Gasteiger partial charge is 0.262 e. The summed E-state index contributed by atoms with van der Waals surface area (Å²) in [4.78, 5) is 11.7. The summed E-state index contributed by atoms with van der Waals surface area (Å²) in [5.41, 5.74) is 0.334. The Morgan fingerprint density at radius 1 is 1.10 bits per heavy atom. The van der Waals surface area contributed by atoms with E-state index >= 15 is 0 Å². The predicted octanol–water partition coefficient (Wildman–Crippen LogP) is 4.29. The summed E-state index contributed by atoms with van der Waals surface area (Å²) in [5, 5.41) is 2.44. The van der Waals surface area contributed by atoms with Gasteiger partial charge in [0.1, 0.15) is 17.4 Å². The van der Waals surface area contributed by atoms with Crippen LogP contribution in [0.2, 0.25) is 10.0 Å². The highest BCUT2D eigenvalue weighted by Gasteiger charge is 2.08. The standard InChI is InChI=1S/C14H9Cl2F2NO2/c15-10-6-9(2-3-12(10)18)19-14(20)7-21-13-4-1-8(17)5-11(13)16/h1-6H,7H2,(H,19,20). The van der Waals surface area contributed by atoms with Gasteiger partial charge in [-0.25, -0.2) is 8.78 Å². The number of rotatable bonds is 4. The molecular formula is C14H9Cl2F2NO2. The molecule has 0 heterocycles. The molecular weight excluding hydrogens is 323 g/mol. The Labute approximate surface area is 129 Å². The first-order valence-corrected chi connectivity index (χ1v) is 6.54. The number of hydrogen-bond donors (Lipinski definition) is 1. The normalized spacial score (nSPS) is 10.3. The first-order chi connectivity index (χ1) is 9.95. The van der Waals surface area contributed by atoms with Gasteiger partial charge in [0.15, 0.2) is 6.61 Å². The number of hydrogen-bond acceptors (Lipinski definition) is 2. The van der Waals surface area contributed by atoms with E-state index in [0.717, 1.165) is 12.1 Å². The molecule has 7 heteroatoms. The van der Waals surface area contributed by atoms with Gasteiger partial charge in [-0.3, -0.25) is 4.79 Å². The fraction of sp³-hybridized carbons (Fsp3) is 0.0714. The van der Waals surface area contributed by atoms with Gasteiger partial charge in [-0.15, -0.1) is 0 Å². The van der Waals surface area contributed by atoms with E-state index in [0.29, 0.717) is 5.69 Å².